The molecule has 2 aromatic heterocycles. The van der Waals surface area contributed by atoms with Gasteiger partial charge in [-0.1, -0.05) is 6.92 Å². The second-order valence-corrected chi connectivity index (χ2v) is 4.48. The van der Waals surface area contributed by atoms with Crippen LogP contribution in [0.2, 0.25) is 0 Å². The van der Waals surface area contributed by atoms with Crippen molar-refractivity contribution in [1.82, 2.24) is 15.0 Å². The number of aromatic nitrogens is 3. The Bertz CT molecular complexity index is 447. The van der Waals surface area contributed by atoms with Crippen molar-refractivity contribution < 1.29 is 4.42 Å². The van der Waals surface area contributed by atoms with Crippen LogP contribution in [0, 0.1) is 0 Å². The summed E-state index contributed by atoms with van der Waals surface area (Å²) in [6.45, 7) is 2.02. The predicted molar refractivity (Wildman–Crippen MR) is 59.7 cm³/mol. The van der Waals surface area contributed by atoms with E-state index in [0.29, 0.717) is 5.22 Å². The van der Waals surface area contributed by atoms with E-state index < -0.39 is 0 Å². The Balaban J connectivity index is 2.24. The fraction of sp³-hybridized carbons (Fsp3) is 0.222. The maximum atomic E-state index is 5.13. The van der Waals surface area contributed by atoms with Crippen LogP contribution in [0.4, 0.5) is 0 Å². The molecule has 2 aromatic rings. The van der Waals surface area contributed by atoms with E-state index in [1.165, 1.54) is 11.8 Å². The van der Waals surface area contributed by atoms with Crippen LogP contribution in [0.3, 0.4) is 0 Å². The van der Waals surface area contributed by atoms with Gasteiger partial charge in [-0.05, 0) is 27.7 Å². The summed E-state index contributed by atoms with van der Waals surface area (Å²) < 4.78 is 5.91. The third-order valence-corrected chi connectivity index (χ3v) is 2.84. The van der Waals surface area contributed by atoms with E-state index >= 15 is 0 Å². The minimum atomic E-state index is 0.586. The van der Waals surface area contributed by atoms with E-state index in [4.69, 9.17) is 4.42 Å². The van der Waals surface area contributed by atoms with E-state index in [0.717, 1.165) is 21.9 Å². The molecule has 4 nitrogen and oxygen atoms in total. The van der Waals surface area contributed by atoms with Gasteiger partial charge in [-0.25, -0.2) is 15.0 Å². The fourth-order valence-corrected chi connectivity index (χ4v) is 2.29. The average molecular weight is 286 g/mol. The normalized spacial score (nSPS) is 10.5. The third kappa shape index (κ3) is 2.79. The zero-order valence-corrected chi connectivity index (χ0v) is 10.4. The van der Waals surface area contributed by atoms with Crippen LogP contribution in [-0.4, -0.2) is 15.0 Å². The maximum absolute atomic E-state index is 5.13. The summed E-state index contributed by atoms with van der Waals surface area (Å²) in [6, 6.07) is 1.84. The lowest BCUT2D eigenvalue weighted by Crippen LogP contribution is -1.94. The molecular weight excluding hydrogens is 278 g/mol. The average Bonchev–Trinajstić information content (AvgIpc) is 2.69. The molecular formula is C9H8BrN3OS. The molecule has 0 spiro atoms. The van der Waals surface area contributed by atoms with Gasteiger partial charge in [-0.3, -0.25) is 0 Å². The molecule has 0 unspecified atom stereocenters. The van der Waals surface area contributed by atoms with Crippen LogP contribution in [-0.2, 0) is 6.42 Å². The van der Waals surface area contributed by atoms with E-state index in [1.807, 2.05) is 13.0 Å². The van der Waals surface area contributed by atoms with Crippen molar-refractivity contribution in [3.8, 4) is 0 Å². The Morgan fingerprint density at radius 3 is 3.00 bits per heavy atom. The van der Waals surface area contributed by atoms with E-state index in [1.54, 1.807) is 12.5 Å². The van der Waals surface area contributed by atoms with Gasteiger partial charge in [0, 0.05) is 12.5 Å². The minimum absolute atomic E-state index is 0.586. The first-order valence-electron chi connectivity index (χ1n) is 4.38. The fourth-order valence-electron chi connectivity index (χ4n) is 1.00. The van der Waals surface area contributed by atoms with Gasteiger partial charge >= 0.3 is 0 Å². The summed E-state index contributed by atoms with van der Waals surface area (Å²) in [7, 11) is 0. The monoisotopic (exact) mass is 285 g/mol. The second kappa shape index (κ2) is 4.76. The summed E-state index contributed by atoms with van der Waals surface area (Å²) in [4.78, 5) is 12.6. The number of rotatable bonds is 3. The highest BCUT2D eigenvalue weighted by molar-refractivity contribution is 9.10. The number of nitrogens with zero attached hydrogens (tertiary/aromatic N) is 3. The molecule has 15 heavy (non-hydrogen) atoms. The maximum Gasteiger partial charge on any atom is 0.261 e. The summed E-state index contributed by atoms with van der Waals surface area (Å²) in [5.41, 5.74) is 0. The van der Waals surface area contributed by atoms with Gasteiger partial charge in [0.25, 0.3) is 5.22 Å². The summed E-state index contributed by atoms with van der Waals surface area (Å²) in [6.07, 6.45) is 3.96. The van der Waals surface area contributed by atoms with Gasteiger partial charge in [0.2, 0.25) is 0 Å². The van der Waals surface area contributed by atoms with Gasteiger partial charge in [0.05, 0.1) is 6.20 Å². The second-order valence-electron chi connectivity index (χ2n) is 2.70. The molecule has 0 saturated heterocycles. The number of oxazole rings is 1. The predicted octanol–water partition coefficient (Wildman–Crippen LogP) is 2.94. The Labute approximate surface area is 99.7 Å². The lowest BCUT2D eigenvalue weighted by Gasteiger charge is -2.00. The molecule has 0 atom stereocenters. The molecule has 0 bridgehead atoms. The molecule has 0 aliphatic carbocycles. The lowest BCUT2D eigenvalue weighted by atomic mass is 10.4. The zero-order valence-electron chi connectivity index (χ0n) is 7.98. The Kier molecular flexibility index (Phi) is 3.37. The van der Waals surface area contributed by atoms with E-state index in [2.05, 4.69) is 30.9 Å². The van der Waals surface area contributed by atoms with Crippen LogP contribution < -0.4 is 0 Å². The van der Waals surface area contributed by atoms with Crippen molar-refractivity contribution in [1.29, 1.82) is 0 Å². The Morgan fingerprint density at radius 1 is 1.47 bits per heavy atom. The molecule has 0 saturated carbocycles. The first-order chi connectivity index (χ1) is 7.28. The first kappa shape index (κ1) is 10.6. The standard InChI is InChI=1S/C9H8BrN3OS/c1-2-7-12-6(10)5-8(13-7)15-9-11-3-4-14-9/h3-5H,2H2,1H3. The van der Waals surface area contributed by atoms with Crippen molar-refractivity contribution in [2.75, 3.05) is 0 Å². The number of hydrogen-bond acceptors (Lipinski definition) is 5. The third-order valence-electron chi connectivity index (χ3n) is 1.64. The van der Waals surface area contributed by atoms with Crippen molar-refractivity contribution in [2.24, 2.45) is 0 Å². The summed E-state index contributed by atoms with van der Waals surface area (Å²) in [5, 5.41) is 1.42. The molecule has 0 fully saturated rings. The molecule has 6 heteroatoms. The molecule has 0 aromatic carbocycles. The van der Waals surface area contributed by atoms with Crippen molar-refractivity contribution in [2.45, 2.75) is 23.6 Å². The van der Waals surface area contributed by atoms with Crippen molar-refractivity contribution >= 4 is 27.7 Å². The van der Waals surface area contributed by atoms with Crippen LogP contribution in [0.25, 0.3) is 0 Å². The lowest BCUT2D eigenvalue weighted by molar-refractivity contribution is 0.454. The van der Waals surface area contributed by atoms with Crippen LogP contribution in [0.1, 0.15) is 12.7 Å². The Morgan fingerprint density at radius 2 is 2.33 bits per heavy atom. The number of aryl methyl sites for hydroxylation is 1. The number of halogens is 1. The van der Waals surface area contributed by atoms with Gasteiger partial charge in [0.15, 0.2) is 0 Å². The van der Waals surface area contributed by atoms with Gasteiger partial charge in [-0.2, -0.15) is 0 Å². The van der Waals surface area contributed by atoms with Crippen LogP contribution in [0.5, 0.6) is 0 Å². The van der Waals surface area contributed by atoms with E-state index in [-0.39, 0.29) is 0 Å². The van der Waals surface area contributed by atoms with Crippen molar-refractivity contribution in [3.05, 3.63) is 29.0 Å². The highest BCUT2D eigenvalue weighted by atomic mass is 79.9. The molecule has 0 aliphatic rings. The van der Waals surface area contributed by atoms with Gasteiger partial charge in [0.1, 0.15) is 21.7 Å². The number of hydrogen-bond donors (Lipinski definition) is 0. The van der Waals surface area contributed by atoms with Crippen LogP contribution >= 0.6 is 27.7 Å². The minimum Gasteiger partial charge on any atom is -0.440 e. The molecule has 0 N–H and O–H groups in total. The molecule has 0 amide bonds. The zero-order chi connectivity index (χ0) is 10.7. The quantitative estimate of drug-likeness (QED) is 0.812. The Hall–Kier alpha value is -0.880. The summed E-state index contributed by atoms with van der Waals surface area (Å²) >= 11 is 4.72. The van der Waals surface area contributed by atoms with E-state index in [9.17, 15) is 0 Å². The van der Waals surface area contributed by atoms with Crippen molar-refractivity contribution in [3.63, 3.8) is 0 Å². The highest BCUT2D eigenvalue weighted by Gasteiger charge is 2.06. The topological polar surface area (TPSA) is 51.8 Å². The highest BCUT2D eigenvalue weighted by Crippen LogP contribution is 2.25. The summed E-state index contributed by atoms with van der Waals surface area (Å²) in [5.74, 6) is 0.804. The van der Waals surface area contributed by atoms with Gasteiger partial charge < -0.3 is 4.42 Å². The smallest absolute Gasteiger partial charge is 0.261 e. The molecule has 2 heterocycles. The molecule has 78 valence electrons. The van der Waals surface area contributed by atoms with Gasteiger partial charge in [-0.15, -0.1) is 0 Å². The molecule has 0 radical (unpaired) electrons. The molecule has 2 rings (SSSR count). The largest absolute Gasteiger partial charge is 0.440 e. The molecule has 0 aliphatic heterocycles. The SMILES string of the molecule is CCc1nc(Br)cc(Sc2ncco2)n1. The first-order valence-corrected chi connectivity index (χ1v) is 5.99. The van der Waals surface area contributed by atoms with Crippen LogP contribution in [0.15, 0.2) is 37.8 Å².